The van der Waals surface area contributed by atoms with Gasteiger partial charge in [-0.15, -0.1) is 0 Å². The Kier molecular flexibility index (Phi) is 9.36. The fourth-order valence-electron chi connectivity index (χ4n) is 6.71. The Labute approximate surface area is 295 Å². The predicted molar refractivity (Wildman–Crippen MR) is 190 cm³/mol. The fourth-order valence-corrected chi connectivity index (χ4v) is 7.07. The van der Waals surface area contributed by atoms with Crippen molar-refractivity contribution in [2.45, 2.75) is 31.3 Å². The first kappa shape index (κ1) is 33.7. The minimum atomic E-state index is -0.497. The summed E-state index contributed by atoms with van der Waals surface area (Å²) >= 11 is 6.74. The number of halogens is 1. The molecule has 4 heterocycles. The van der Waals surface area contributed by atoms with Gasteiger partial charge in [0.1, 0.15) is 5.54 Å². The smallest absolute Gasteiger partial charge is 0.287 e. The average molecular weight is 698 g/mol. The molecule has 3 aromatic carbocycles. The van der Waals surface area contributed by atoms with Crippen molar-refractivity contribution >= 4 is 40.7 Å². The molecule has 4 aromatic rings. The molecule has 0 atom stereocenters. The van der Waals surface area contributed by atoms with Gasteiger partial charge in [-0.25, -0.2) is 4.98 Å². The van der Waals surface area contributed by atoms with Crippen molar-refractivity contribution in [1.29, 1.82) is 0 Å². The van der Waals surface area contributed by atoms with Crippen LogP contribution in [0.3, 0.4) is 0 Å². The Bertz CT molecular complexity index is 1880. The lowest BCUT2D eigenvalue weighted by atomic mass is 9.88. The van der Waals surface area contributed by atoms with E-state index in [4.69, 9.17) is 21.1 Å². The first-order valence-electron chi connectivity index (χ1n) is 16.6. The number of fused-ring (bicyclic) bond motifs is 2. The molecule has 0 saturated carbocycles. The molecule has 12 nitrogen and oxygen atoms in total. The third-order valence-electron chi connectivity index (χ3n) is 9.77. The number of nitrogens with one attached hydrogen (secondary N) is 2. The standard InChI is InChI=1S/C37H40ClN7O5/c1-42(2)36(48)27-8-4-25(5-9-27)19-44-16-17-45-31(37(44)22-50-23-37)32(38)41-33(45)35(47)39-18-24-6-12-28(13-7-24)40-34(46)26-10-14-29(15-11-26)43-20-30(21-43)49-3/h4-15,30H,16-23H2,1-3H3,(H,39,47)(H,40,46). The van der Waals surface area contributed by atoms with Crippen molar-refractivity contribution in [1.82, 2.24) is 24.7 Å². The molecule has 1 aromatic heterocycles. The van der Waals surface area contributed by atoms with Gasteiger partial charge in [0.2, 0.25) is 5.82 Å². The van der Waals surface area contributed by atoms with Gasteiger partial charge in [-0.05, 0) is 59.7 Å². The van der Waals surface area contributed by atoms with Crippen LogP contribution < -0.4 is 15.5 Å². The average Bonchev–Trinajstić information content (AvgIpc) is 3.43. The number of nitrogens with zero attached hydrogens (tertiary/aromatic N) is 5. The van der Waals surface area contributed by atoms with Crippen LogP contribution in [0.2, 0.25) is 5.15 Å². The normalized spacial score (nSPS) is 16.7. The molecule has 260 valence electrons. The van der Waals surface area contributed by atoms with Crippen molar-refractivity contribution in [2.75, 3.05) is 64.3 Å². The van der Waals surface area contributed by atoms with Gasteiger partial charge in [0.25, 0.3) is 17.7 Å². The highest BCUT2D eigenvalue weighted by Crippen LogP contribution is 2.43. The van der Waals surface area contributed by atoms with Crippen molar-refractivity contribution in [3.8, 4) is 0 Å². The molecule has 3 aliphatic rings. The van der Waals surface area contributed by atoms with E-state index in [-0.39, 0.29) is 36.2 Å². The molecule has 13 heteroatoms. The van der Waals surface area contributed by atoms with E-state index in [0.717, 1.165) is 35.6 Å². The zero-order valence-corrected chi connectivity index (χ0v) is 29.1. The van der Waals surface area contributed by atoms with Crippen molar-refractivity contribution in [3.63, 3.8) is 0 Å². The molecule has 7 rings (SSSR count). The number of benzene rings is 3. The summed E-state index contributed by atoms with van der Waals surface area (Å²) in [5.41, 5.74) is 5.16. The molecule has 2 N–H and O–H groups in total. The lowest BCUT2D eigenvalue weighted by Crippen LogP contribution is -2.63. The number of aromatic nitrogens is 2. The quantitative estimate of drug-likeness (QED) is 0.255. The molecule has 1 spiro atoms. The number of rotatable bonds is 10. The lowest BCUT2D eigenvalue weighted by molar-refractivity contribution is -0.162. The molecular formula is C37H40ClN7O5. The minimum Gasteiger partial charge on any atom is -0.378 e. The number of carbonyl (C=O) groups excluding carboxylic acids is 3. The van der Waals surface area contributed by atoms with Crippen LogP contribution in [0.4, 0.5) is 11.4 Å². The number of amides is 3. The van der Waals surface area contributed by atoms with E-state index in [1.165, 1.54) is 0 Å². The summed E-state index contributed by atoms with van der Waals surface area (Å²) in [5.74, 6) is -0.285. The van der Waals surface area contributed by atoms with E-state index in [1.54, 1.807) is 26.1 Å². The molecular weight excluding hydrogens is 658 g/mol. The third kappa shape index (κ3) is 6.47. The minimum absolute atomic E-state index is 0.0395. The summed E-state index contributed by atoms with van der Waals surface area (Å²) in [5, 5.41) is 6.21. The lowest BCUT2D eigenvalue weighted by Gasteiger charge is -2.52. The molecule has 0 radical (unpaired) electrons. The summed E-state index contributed by atoms with van der Waals surface area (Å²) < 4.78 is 13.0. The van der Waals surface area contributed by atoms with Crippen LogP contribution in [0.1, 0.15) is 48.2 Å². The summed E-state index contributed by atoms with van der Waals surface area (Å²) in [4.78, 5) is 49.2. The monoisotopic (exact) mass is 697 g/mol. The van der Waals surface area contributed by atoms with E-state index in [9.17, 15) is 14.4 Å². The molecule has 2 saturated heterocycles. The van der Waals surface area contributed by atoms with Crippen LogP contribution in [0.15, 0.2) is 72.8 Å². The summed E-state index contributed by atoms with van der Waals surface area (Å²) in [6.45, 7) is 4.72. The highest BCUT2D eigenvalue weighted by molar-refractivity contribution is 6.30. The zero-order chi connectivity index (χ0) is 35.0. The van der Waals surface area contributed by atoms with E-state index < -0.39 is 5.54 Å². The SMILES string of the molecule is COC1CN(c2ccc(C(=O)Nc3ccc(CNC(=O)c4nc(Cl)c5n4CCN(Cc4ccc(C(=O)N(C)C)cc4)C54COC4)cc3)cc2)C1. The van der Waals surface area contributed by atoms with E-state index in [1.807, 2.05) is 77.4 Å². The Balaban J connectivity index is 0.957. The van der Waals surface area contributed by atoms with Crippen LogP contribution in [0.25, 0.3) is 0 Å². The molecule has 3 amide bonds. The van der Waals surface area contributed by atoms with Crippen LogP contribution >= 0.6 is 11.6 Å². The van der Waals surface area contributed by atoms with Crippen molar-refractivity contribution in [3.05, 3.63) is 112 Å². The number of hydrogen-bond acceptors (Lipinski definition) is 8. The second-order valence-electron chi connectivity index (χ2n) is 13.2. The van der Waals surface area contributed by atoms with Gasteiger partial charge in [0.15, 0.2) is 5.15 Å². The highest BCUT2D eigenvalue weighted by atomic mass is 35.5. The number of hydrogen-bond donors (Lipinski definition) is 2. The molecule has 0 unspecified atom stereocenters. The van der Waals surface area contributed by atoms with Gasteiger partial charge in [-0.2, -0.15) is 0 Å². The predicted octanol–water partition coefficient (Wildman–Crippen LogP) is 4.00. The van der Waals surface area contributed by atoms with Gasteiger partial charge < -0.3 is 34.5 Å². The molecule has 3 aliphatic heterocycles. The van der Waals surface area contributed by atoms with Gasteiger partial charge in [-0.3, -0.25) is 19.3 Å². The summed E-state index contributed by atoms with van der Waals surface area (Å²) in [6, 6.07) is 22.5. The van der Waals surface area contributed by atoms with E-state index in [0.29, 0.717) is 54.8 Å². The first-order chi connectivity index (χ1) is 24.1. The second-order valence-corrected chi connectivity index (χ2v) is 13.6. The number of carbonyl (C=O) groups is 3. The first-order valence-corrected chi connectivity index (χ1v) is 17.0. The third-order valence-corrected chi connectivity index (χ3v) is 10.0. The van der Waals surface area contributed by atoms with Crippen molar-refractivity contribution < 1.29 is 23.9 Å². The summed E-state index contributed by atoms with van der Waals surface area (Å²) in [7, 11) is 5.19. The topological polar surface area (TPSA) is 121 Å². The Morgan fingerprint density at radius 3 is 2.20 bits per heavy atom. The maximum absolute atomic E-state index is 13.4. The maximum atomic E-state index is 13.4. The van der Waals surface area contributed by atoms with Crippen LogP contribution in [0, 0.1) is 0 Å². The van der Waals surface area contributed by atoms with Gasteiger partial charge >= 0.3 is 0 Å². The second kappa shape index (κ2) is 13.9. The van der Waals surface area contributed by atoms with E-state index in [2.05, 4.69) is 25.4 Å². The van der Waals surface area contributed by atoms with Crippen molar-refractivity contribution in [2.24, 2.45) is 0 Å². The van der Waals surface area contributed by atoms with Gasteiger partial charge in [0.05, 0.1) is 25.0 Å². The van der Waals surface area contributed by atoms with Crippen LogP contribution in [0.5, 0.6) is 0 Å². The fraction of sp³-hybridized carbons (Fsp3) is 0.351. The Morgan fingerprint density at radius 2 is 1.58 bits per heavy atom. The molecule has 2 fully saturated rings. The van der Waals surface area contributed by atoms with Crippen LogP contribution in [-0.2, 0) is 34.6 Å². The molecule has 0 aliphatic carbocycles. The largest absolute Gasteiger partial charge is 0.378 e. The highest BCUT2D eigenvalue weighted by Gasteiger charge is 2.52. The number of anilines is 2. The Morgan fingerprint density at radius 1 is 0.920 bits per heavy atom. The zero-order valence-electron chi connectivity index (χ0n) is 28.3. The Hall–Kier alpha value is -4.75. The van der Waals surface area contributed by atoms with Gasteiger partial charge in [0, 0.05) is 83.0 Å². The van der Waals surface area contributed by atoms with E-state index >= 15 is 0 Å². The van der Waals surface area contributed by atoms with Crippen LogP contribution in [-0.4, -0.2) is 97.2 Å². The number of ether oxygens (including phenoxy) is 2. The molecule has 0 bridgehead atoms. The summed E-state index contributed by atoms with van der Waals surface area (Å²) in [6.07, 6.45) is 0.259. The molecule has 50 heavy (non-hydrogen) atoms. The van der Waals surface area contributed by atoms with Gasteiger partial charge in [-0.1, -0.05) is 35.9 Å². The number of methoxy groups -OCH3 is 1. The number of imidazole rings is 1. The maximum Gasteiger partial charge on any atom is 0.287 e.